The number of rotatable bonds is 3. The summed E-state index contributed by atoms with van der Waals surface area (Å²) in [5, 5.41) is 4.21. The van der Waals surface area contributed by atoms with E-state index in [0.29, 0.717) is 19.7 Å². The fourth-order valence-electron chi connectivity index (χ4n) is 2.40. The number of hydrogen-bond acceptors (Lipinski definition) is 4. The van der Waals surface area contributed by atoms with Crippen LogP contribution in [0, 0.1) is 0 Å². The molecule has 1 aliphatic heterocycles. The molecule has 1 amide bonds. The molecule has 6 heteroatoms. The van der Waals surface area contributed by atoms with Crippen molar-refractivity contribution in [2.45, 2.75) is 12.6 Å². The molecule has 21 heavy (non-hydrogen) atoms. The Hall–Kier alpha value is -1.56. The quantitative estimate of drug-likeness (QED) is 0.939. The lowest BCUT2D eigenvalue weighted by Crippen LogP contribution is -2.48. The molecule has 0 spiro atoms. The SMILES string of the molecule is CN(Cc1cc2ccccc2o1)C(=O)C1CNCCO1.Cl. The largest absolute Gasteiger partial charge is 0.459 e. The van der Waals surface area contributed by atoms with Crippen molar-refractivity contribution in [3.63, 3.8) is 0 Å². The first-order valence-electron chi connectivity index (χ1n) is 6.79. The van der Waals surface area contributed by atoms with Crippen LogP contribution in [-0.2, 0) is 16.1 Å². The van der Waals surface area contributed by atoms with Crippen LogP contribution in [-0.4, -0.2) is 43.7 Å². The van der Waals surface area contributed by atoms with Gasteiger partial charge in [0.05, 0.1) is 13.2 Å². The first-order valence-corrected chi connectivity index (χ1v) is 6.79. The molecule has 2 heterocycles. The lowest BCUT2D eigenvalue weighted by Gasteiger charge is -2.26. The number of nitrogens with one attached hydrogen (secondary N) is 1. The van der Waals surface area contributed by atoms with E-state index in [-0.39, 0.29) is 18.3 Å². The van der Waals surface area contributed by atoms with Crippen molar-refractivity contribution in [3.8, 4) is 0 Å². The van der Waals surface area contributed by atoms with Gasteiger partial charge >= 0.3 is 0 Å². The summed E-state index contributed by atoms with van der Waals surface area (Å²) in [6.45, 7) is 2.41. The summed E-state index contributed by atoms with van der Waals surface area (Å²) in [6.07, 6.45) is -0.391. The molecular formula is C15H19ClN2O3. The third-order valence-corrected chi connectivity index (χ3v) is 3.45. The Morgan fingerprint density at radius 1 is 1.43 bits per heavy atom. The number of nitrogens with zero attached hydrogens (tertiary/aromatic N) is 1. The maximum Gasteiger partial charge on any atom is 0.253 e. The number of benzene rings is 1. The molecule has 1 aliphatic rings. The van der Waals surface area contributed by atoms with Gasteiger partial charge in [0.1, 0.15) is 17.4 Å². The van der Waals surface area contributed by atoms with Gasteiger partial charge in [-0.15, -0.1) is 12.4 Å². The molecule has 1 fully saturated rings. The summed E-state index contributed by atoms with van der Waals surface area (Å²) in [7, 11) is 1.77. The summed E-state index contributed by atoms with van der Waals surface area (Å²) in [5.41, 5.74) is 0.846. The summed E-state index contributed by atoms with van der Waals surface area (Å²) >= 11 is 0. The summed E-state index contributed by atoms with van der Waals surface area (Å²) in [4.78, 5) is 13.9. The predicted molar refractivity (Wildman–Crippen MR) is 82.5 cm³/mol. The van der Waals surface area contributed by atoms with Crippen LogP contribution < -0.4 is 5.32 Å². The summed E-state index contributed by atoms with van der Waals surface area (Å²) in [5.74, 6) is 0.767. The van der Waals surface area contributed by atoms with Crippen molar-refractivity contribution in [2.75, 3.05) is 26.7 Å². The monoisotopic (exact) mass is 310 g/mol. The van der Waals surface area contributed by atoms with Crippen molar-refractivity contribution in [1.82, 2.24) is 10.2 Å². The number of likely N-dealkylation sites (N-methyl/N-ethyl adjacent to an activating group) is 1. The number of hydrogen-bond donors (Lipinski definition) is 1. The number of amides is 1. The molecule has 5 nitrogen and oxygen atoms in total. The zero-order valence-corrected chi connectivity index (χ0v) is 12.7. The zero-order chi connectivity index (χ0) is 13.9. The van der Waals surface area contributed by atoms with E-state index in [1.165, 1.54) is 0 Å². The Balaban J connectivity index is 0.00000161. The van der Waals surface area contributed by atoms with Gasteiger partial charge in [-0.25, -0.2) is 0 Å². The van der Waals surface area contributed by atoms with E-state index in [0.717, 1.165) is 23.3 Å². The summed E-state index contributed by atoms with van der Waals surface area (Å²) < 4.78 is 11.2. The molecule has 0 bridgehead atoms. The predicted octanol–water partition coefficient (Wildman–Crippen LogP) is 1.80. The number of furan rings is 1. The molecule has 0 radical (unpaired) electrons. The van der Waals surface area contributed by atoms with Crippen molar-refractivity contribution in [2.24, 2.45) is 0 Å². The van der Waals surface area contributed by atoms with Gasteiger partial charge in [-0.1, -0.05) is 18.2 Å². The van der Waals surface area contributed by atoms with Crippen LogP contribution in [0.5, 0.6) is 0 Å². The van der Waals surface area contributed by atoms with E-state index >= 15 is 0 Å². The first-order chi connectivity index (χ1) is 9.74. The second-order valence-corrected chi connectivity index (χ2v) is 5.01. The van der Waals surface area contributed by atoms with Crippen molar-refractivity contribution in [3.05, 3.63) is 36.1 Å². The van der Waals surface area contributed by atoms with Crippen LogP contribution >= 0.6 is 12.4 Å². The van der Waals surface area contributed by atoms with Gasteiger partial charge < -0.3 is 19.4 Å². The van der Waals surface area contributed by atoms with Crippen LogP contribution in [0.3, 0.4) is 0 Å². The van der Waals surface area contributed by atoms with Gasteiger partial charge in [0.25, 0.3) is 5.91 Å². The number of fused-ring (bicyclic) bond motifs is 1. The van der Waals surface area contributed by atoms with E-state index in [2.05, 4.69) is 5.32 Å². The fraction of sp³-hybridized carbons (Fsp3) is 0.400. The average Bonchev–Trinajstić information content (AvgIpc) is 2.89. The van der Waals surface area contributed by atoms with E-state index in [1.807, 2.05) is 30.3 Å². The highest BCUT2D eigenvalue weighted by Gasteiger charge is 2.25. The number of morpholine rings is 1. The Morgan fingerprint density at radius 3 is 2.95 bits per heavy atom. The molecule has 0 aliphatic carbocycles. The zero-order valence-electron chi connectivity index (χ0n) is 11.9. The lowest BCUT2D eigenvalue weighted by molar-refractivity contribution is -0.144. The number of carbonyl (C=O) groups is 1. The molecule has 0 saturated carbocycles. The standard InChI is InChI=1S/C15H18N2O3.ClH/c1-17(15(18)14-9-16-6-7-19-14)10-12-8-11-4-2-3-5-13(11)20-12;/h2-5,8,14,16H,6-7,9-10H2,1H3;1H. The van der Waals surface area contributed by atoms with Gasteiger partial charge in [0.15, 0.2) is 0 Å². The molecule has 114 valence electrons. The Labute approximate surface area is 129 Å². The lowest BCUT2D eigenvalue weighted by atomic mass is 10.2. The molecule has 1 atom stereocenters. The molecule has 1 aromatic heterocycles. The maximum absolute atomic E-state index is 12.2. The molecule has 1 unspecified atom stereocenters. The molecule has 1 N–H and O–H groups in total. The van der Waals surface area contributed by atoms with Gasteiger partial charge in [-0.05, 0) is 12.1 Å². The highest BCUT2D eigenvalue weighted by atomic mass is 35.5. The smallest absolute Gasteiger partial charge is 0.253 e. The Morgan fingerprint density at radius 2 is 2.24 bits per heavy atom. The van der Waals surface area contributed by atoms with E-state index in [1.54, 1.807) is 11.9 Å². The second-order valence-electron chi connectivity index (χ2n) is 5.01. The topological polar surface area (TPSA) is 54.7 Å². The third kappa shape index (κ3) is 3.56. The minimum absolute atomic E-state index is 0. The molecule has 3 rings (SSSR count). The second kappa shape index (κ2) is 6.93. The van der Waals surface area contributed by atoms with Gasteiger partial charge in [0, 0.05) is 25.5 Å². The molecule has 1 saturated heterocycles. The van der Waals surface area contributed by atoms with Crippen LogP contribution in [0.2, 0.25) is 0 Å². The van der Waals surface area contributed by atoms with E-state index in [4.69, 9.17) is 9.15 Å². The van der Waals surface area contributed by atoms with Crippen molar-refractivity contribution in [1.29, 1.82) is 0 Å². The fourth-order valence-corrected chi connectivity index (χ4v) is 2.40. The van der Waals surface area contributed by atoms with Gasteiger partial charge in [-0.3, -0.25) is 4.79 Å². The minimum atomic E-state index is -0.391. The Kier molecular flexibility index (Phi) is 5.22. The molecular weight excluding hydrogens is 292 g/mol. The van der Waals surface area contributed by atoms with Gasteiger partial charge in [-0.2, -0.15) is 0 Å². The third-order valence-electron chi connectivity index (χ3n) is 3.45. The number of halogens is 1. The van der Waals surface area contributed by atoms with Crippen LogP contribution in [0.25, 0.3) is 11.0 Å². The Bertz CT molecular complexity index is 575. The number of para-hydroxylation sites is 1. The van der Waals surface area contributed by atoms with Crippen molar-refractivity contribution >= 4 is 29.3 Å². The van der Waals surface area contributed by atoms with E-state index in [9.17, 15) is 4.79 Å². The number of carbonyl (C=O) groups excluding carboxylic acids is 1. The highest BCUT2D eigenvalue weighted by molar-refractivity contribution is 5.85. The molecule has 1 aromatic carbocycles. The first kappa shape index (κ1) is 15.8. The van der Waals surface area contributed by atoms with Crippen LogP contribution in [0.15, 0.2) is 34.7 Å². The van der Waals surface area contributed by atoms with Gasteiger partial charge in [0.2, 0.25) is 0 Å². The highest BCUT2D eigenvalue weighted by Crippen LogP contribution is 2.20. The summed E-state index contributed by atoms with van der Waals surface area (Å²) in [6, 6.07) is 9.80. The normalized spacial score (nSPS) is 18.2. The average molecular weight is 311 g/mol. The van der Waals surface area contributed by atoms with Crippen LogP contribution in [0.1, 0.15) is 5.76 Å². The van der Waals surface area contributed by atoms with Crippen molar-refractivity contribution < 1.29 is 13.9 Å². The van der Waals surface area contributed by atoms with E-state index < -0.39 is 6.10 Å². The minimum Gasteiger partial charge on any atom is -0.459 e. The van der Waals surface area contributed by atoms with Crippen LogP contribution in [0.4, 0.5) is 0 Å². The maximum atomic E-state index is 12.2. The number of ether oxygens (including phenoxy) is 1. The molecule has 2 aromatic rings.